The van der Waals surface area contributed by atoms with Gasteiger partial charge in [0.25, 0.3) is 0 Å². The Morgan fingerprint density at radius 1 is 1.37 bits per heavy atom. The van der Waals surface area contributed by atoms with Gasteiger partial charge in [0.15, 0.2) is 6.10 Å². The van der Waals surface area contributed by atoms with Gasteiger partial charge in [-0.1, -0.05) is 6.08 Å². The molecule has 0 bridgehead atoms. The van der Waals surface area contributed by atoms with Crippen LogP contribution in [0.4, 0.5) is 4.79 Å². The molecular formula is C13H20N2O4. The molecule has 0 spiro atoms. The van der Waals surface area contributed by atoms with E-state index in [-0.39, 0.29) is 12.1 Å². The lowest BCUT2D eigenvalue weighted by molar-refractivity contribution is -0.149. The first-order valence-corrected chi connectivity index (χ1v) is 6.65. The number of ether oxygens (including phenoxy) is 1. The number of carbonyl (C=O) groups excluding carboxylic acids is 1. The minimum absolute atomic E-state index is 0.121. The molecule has 2 fully saturated rings. The van der Waals surface area contributed by atoms with Crippen LogP contribution in [0.25, 0.3) is 0 Å². The average molecular weight is 268 g/mol. The number of aliphatic carboxylic acids is 1. The molecule has 2 aliphatic rings. The van der Waals surface area contributed by atoms with Crippen molar-refractivity contribution >= 4 is 12.0 Å². The van der Waals surface area contributed by atoms with Crippen molar-refractivity contribution in [2.75, 3.05) is 13.1 Å². The van der Waals surface area contributed by atoms with Crippen LogP contribution in [-0.2, 0) is 9.53 Å². The second-order valence-electron chi connectivity index (χ2n) is 5.02. The van der Waals surface area contributed by atoms with Gasteiger partial charge in [-0.25, -0.2) is 9.59 Å². The monoisotopic (exact) mass is 268 g/mol. The Hall–Kier alpha value is -1.56. The third-order valence-electron chi connectivity index (χ3n) is 3.44. The van der Waals surface area contributed by atoms with E-state index in [1.807, 2.05) is 0 Å². The molecule has 1 saturated carbocycles. The molecule has 1 saturated heterocycles. The molecule has 2 N–H and O–H groups in total. The zero-order valence-electron chi connectivity index (χ0n) is 10.9. The minimum Gasteiger partial charge on any atom is -0.479 e. The summed E-state index contributed by atoms with van der Waals surface area (Å²) < 4.78 is 5.34. The van der Waals surface area contributed by atoms with Crippen molar-refractivity contribution in [3.8, 4) is 0 Å². The molecule has 1 heterocycles. The molecule has 6 nitrogen and oxygen atoms in total. The third-order valence-corrected chi connectivity index (χ3v) is 3.44. The van der Waals surface area contributed by atoms with Crippen LogP contribution in [0.5, 0.6) is 0 Å². The summed E-state index contributed by atoms with van der Waals surface area (Å²) in [5, 5.41) is 11.6. The normalized spacial score (nSPS) is 25.9. The summed E-state index contributed by atoms with van der Waals surface area (Å²) in [7, 11) is 0. The lowest BCUT2D eigenvalue weighted by atomic mass is 10.2. The lowest BCUT2D eigenvalue weighted by Gasteiger charge is -2.22. The van der Waals surface area contributed by atoms with Crippen molar-refractivity contribution in [2.45, 2.75) is 43.9 Å². The number of nitrogens with one attached hydrogen (secondary N) is 1. The van der Waals surface area contributed by atoms with Crippen LogP contribution in [0, 0.1) is 0 Å². The third kappa shape index (κ3) is 3.70. The Kier molecular flexibility index (Phi) is 4.42. The molecule has 106 valence electrons. The van der Waals surface area contributed by atoms with Crippen LogP contribution in [0.2, 0.25) is 0 Å². The molecule has 0 aromatic carbocycles. The van der Waals surface area contributed by atoms with Crippen LogP contribution in [0.15, 0.2) is 12.7 Å². The summed E-state index contributed by atoms with van der Waals surface area (Å²) in [6, 6.07) is 0.207. The molecule has 1 aliphatic carbocycles. The fraction of sp³-hybridized carbons (Fsp3) is 0.692. The maximum Gasteiger partial charge on any atom is 0.332 e. The van der Waals surface area contributed by atoms with Crippen molar-refractivity contribution in [3.63, 3.8) is 0 Å². The van der Waals surface area contributed by atoms with Crippen LogP contribution in [-0.4, -0.2) is 53.3 Å². The van der Waals surface area contributed by atoms with Crippen molar-refractivity contribution in [1.82, 2.24) is 10.2 Å². The van der Waals surface area contributed by atoms with Crippen LogP contribution in [0.3, 0.4) is 0 Å². The van der Waals surface area contributed by atoms with E-state index in [1.165, 1.54) is 0 Å². The first kappa shape index (κ1) is 13.9. The van der Waals surface area contributed by atoms with Crippen LogP contribution in [0.1, 0.15) is 25.7 Å². The fourth-order valence-electron chi connectivity index (χ4n) is 2.26. The van der Waals surface area contributed by atoms with Crippen LogP contribution < -0.4 is 5.32 Å². The lowest BCUT2D eigenvalue weighted by Crippen LogP contribution is -2.44. The Labute approximate surface area is 112 Å². The van der Waals surface area contributed by atoms with Crippen molar-refractivity contribution in [1.29, 1.82) is 0 Å². The van der Waals surface area contributed by atoms with Gasteiger partial charge in [-0.3, -0.25) is 0 Å². The maximum atomic E-state index is 12.0. The van der Waals surface area contributed by atoms with E-state index in [2.05, 4.69) is 11.9 Å². The van der Waals surface area contributed by atoms with Gasteiger partial charge in [-0.05, 0) is 25.7 Å². The molecule has 2 unspecified atom stereocenters. The first-order valence-electron chi connectivity index (χ1n) is 6.65. The molecular weight excluding hydrogens is 248 g/mol. The van der Waals surface area contributed by atoms with Gasteiger partial charge in [0.1, 0.15) is 0 Å². The highest BCUT2D eigenvalue weighted by atomic mass is 16.5. The SMILES string of the molecule is C=CCN(C(=O)NCC1CCC(C(=O)O)O1)C1CC1. The molecule has 0 radical (unpaired) electrons. The quantitative estimate of drug-likeness (QED) is 0.704. The fourth-order valence-corrected chi connectivity index (χ4v) is 2.26. The second kappa shape index (κ2) is 6.06. The first-order chi connectivity index (χ1) is 9.11. The Morgan fingerprint density at radius 3 is 2.63 bits per heavy atom. The van der Waals surface area contributed by atoms with Gasteiger partial charge in [0.05, 0.1) is 6.10 Å². The van der Waals surface area contributed by atoms with Gasteiger partial charge >= 0.3 is 12.0 Å². The molecule has 19 heavy (non-hydrogen) atoms. The number of carboxylic acids is 1. The number of nitrogens with zero attached hydrogens (tertiary/aromatic N) is 1. The average Bonchev–Trinajstić information content (AvgIpc) is 3.10. The van der Waals surface area contributed by atoms with E-state index < -0.39 is 12.1 Å². The van der Waals surface area contributed by atoms with Gasteiger partial charge in [-0.15, -0.1) is 6.58 Å². The molecule has 2 rings (SSSR count). The summed E-state index contributed by atoms with van der Waals surface area (Å²) in [6.07, 6.45) is 4.05. The topological polar surface area (TPSA) is 78.9 Å². The van der Waals surface area contributed by atoms with E-state index in [1.54, 1.807) is 11.0 Å². The molecule has 1 aliphatic heterocycles. The van der Waals surface area contributed by atoms with E-state index in [4.69, 9.17) is 9.84 Å². The predicted octanol–water partition coefficient (Wildman–Crippen LogP) is 0.979. The standard InChI is InChI=1S/C13H20N2O4/c1-2-7-15(9-3-4-9)13(18)14-8-10-5-6-11(19-10)12(16)17/h2,9-11H,1,3-8H2,(H,14,18)(H,16,17). The van der Waals surface area contributed by atoms with Gasteiger partial charge in [-0.2, -0.15) is 0 Å². The zero-order valence-corrected chi connectivity index (χ0v) is 10.9. The smallest absolute Gasteiger partial charge is 0.332 e. The largest absolute Gasteiger partial charge is 0.479 e. The highest BCUT2D eigenvalue weighted by molar-refractivity contribution is 5.75. The molecule has 2 amide bonds. The summed E-state index contributed by atoms with van der Waals surface area (Å²) >= 11 is 0. The highest BCUT2D eigenvalue weighted by Crippen LogP contribution is 2.26. The molecule has 6 heteroatoms. The number of hydrogen-bond donors (Lipinski definition) is 2. The molecule has 2 atom stereocenters. The second-order valence-corrected chi connectivity index (χ2v) is 5.02. The van der Waals surface area contributed by atoms with E-state index >= 15 is 0 Å². The number of hydrogen-bond acceptors (Lipinski definition) is 3. The van der Waals surface area contributed by atoms with E-state index in [9.17, 15) is 9.59 Å². The summed E-state index contributed by atoms with van der Waals surface area (Å²) in [5.74, 6) is -0.930. The summed E-state index contributed by atoms with van der Waals surface area (Å²) in [6.45, 7) is 4.55. The van der Waals surface area contributed by atoms with Gasteiger partial charge < -0.3 is 20.1 Å². The zero-order chi connectivity index (χ0) is 13.8. The number of rotatable bonds is 6. The molecule has 0 aromatic rings. The minimum atomic E-state index is -0.930. The Balaban J connectivity index is 1.74. The van der Waals surface area contributed by atoms with Gasteiger partial charge in [0.2, 0.25) is 0 Å². The summed E-state index contributed by atoms with van der Waals surface area (Å²) in [5.41, 5.74) is 0. The van der Waals surface area contributed by atoms with E-state index in [0.717, 1.165) is 12.8 Å². The Morgan fingerprint density at radius 2 is 2.11 bits per heavy atom. The number of carboxylic acid groups (broad SMARTS) is 1. The highest BCUT2D eigenvalue weighted by Gasteiger charge is 2.33. The number of amides is 2. The predicted molar refractivity (Wildman–Crippen MR) is 68.9 cm³/mol. The van der Waals surface area contributed by atoms with Gasteiger partial charge in [0, 0.05) is 19.1 Å². The van der Waals surface area contributed by atoms with Crippen molar-refractivity contribution in [2.24, 2.45) is 0 Å². The summed E-state index contributed by atoms with van der Waals surface area (Å²) in [4.78, 5) is 24.5. The maximum absolute atomic E-state index is 12.0. The number of carbonyl (C=O) groups is 2. The number of urea groups is 1. The molecule has 0 aromatic heterocycles. The van der Waals surface area contributed by atoms with Crippen LogP contribution >= 0.6 is 0 Å². The van der Waals surface area contributed by atoms with Crippen molar-refractivity contribution in [3.05, 3.63) is 12.7 Å². The van der Waals surface area contributed by atoms with Crippen molar-refractivity contribution < 1.29 is 19.4 Å². The van der Waals surface area contributed by atoms with E-state index in [0.29, 0.717) is 32.0 Å². The Bertz CT molecular complexity index is 368.